The van der Waals surface area contributed by atoms with Crippen molar-refractivity contribution < 1.29 is 0 Å². The summed E-state index contributed by atoms with van der Waals surface area (Å²) in [4.78, 5) is 15.7. The Balaban J connectivity index is 1.93. The molecular formula is C13H12BrN5S. The average Bonchev–Trinajstić information content (AvgIpc) is 2.94. The van der Waals surface area contributed by atoms with Gasteiger partial charge in [0.25, 0.3) is 0 Å². The van der Waals surface area contributed by atoms with Crippen molar-refractivity contribution in [2.45, 2.75) is 10.3 Å². The number of hydrogen-bond donors (Lipinski definition) is 2. The van der Waals surface area contributed by atoms with E-state index < -0.39 is 0 Å². The second kappa shape index (κ2) is 5.90. The molecule has 0 aliphatic heterocycles. The van der Waals surface area contributed by atoms with E-state index in [1.807, 2.05) is 12.1 Å². The molecule has 1 atom stereocenters. The van der Waals surface area contributed by atoms with Crippen LogP contribution < -0.4 is 5.73 Å². The van der Waals surface area contributed by atoms with Crippen LogP contribution in [0.4, 0.5) is 0 Å². The molecule has 0 bridgehead atoms. The van der Waals surface area contributed by atoms with Gasteiger partial charge < -0.3 is 10.7 Å². The molecule has 20 heavy (non-hydrogen) atoms. The summed E-state index contributed by atoms with van der Waals surface area (Å²) in [5.74, 6) is 0. The first kappa shape index (κ1) is 13.5. The molecule has 3 N–H and O–H groups in total. The van der Waals surface area contributed by atoms with Crippen LogP contribution in [0.25, 0.3) is 11.2 Å². The number of nitrogens with zero attached hydrogens (tertiary/aromatic N) is 3. The Kier molecular flexibility index (Phi) is 4.00. The van der Waals surface area contributed by atoms with Crippen molar-refractivity contribution in [2.75, 3.05) is 6.54 Å². The van der Waals surface area contributed by atoms with Crippen LogP contribution in [0.15, 0.2) is 46.4 Å². The topological polar surface area (TPSA) is 80.5 Å². The molecule has 1 unspecified atom stereocenters. The normalized spacial score (nSPS) is 12.7. The number of fused-ring (bicyclic) bond motifs is 1. The fourth-order valence-corrected chi connectivity index (χ4v) is 3.37. The zero-order chi connectivity index (χ0) is 13.9. The van der Waals surface area contributed by atoms with E-state index in [2.05, 4.69) is 48.0 Å². The van der Waals surface area contributed by atoms with Crippen molar-refractivity contribution in [3.05, 3.63) is 47.0 Å². The van der Waals surface area contributed by atoms with Crippen molar-refractivity contribution >= 4 is 38.9 Å². The van der Waals surface area contributed by atoms with Crippen LogP contribution in [-0.4, -0.2) is 26.5 Å². The van der Waals surface area contributed by atoms with Crippen molar-refractivity contribution in [1.82, 2.24) is 19.9 Å². The Morgan fingerprint density at radius 1 is 1.30 bits per heavy atom. The number of aromatic nitrogens is 4. The highest BCUT2D eigenvalue weighted by Gasteiger charge is 2.15. The summed E-state index contributed by atoms with van der Waals surface area (Å²) in [7, 11) is 0. The van der Waals surface area contributed by atoms with Crippen molar-refractivity contribution in [2.24, 2.45) is 5.73 Å². The predicted molar refractivity (Wildman–Crippen MR) is 83.5 cm³/mol. The van der Waals surface area contributed by atoms with Crippen molar-refractivity contribution in [3.8, 4) is 0 Å². The summed E-state index contributed by atoms with van der Waals surface area (Å²) in [6.45, 7) is 0.529. The lowest BCUT2D eigenvalue weighted by Crippen LogP contribution is -2.09. The highest BCUT2D eigenvalue weighted by Crippen LogP contribution is 2.36. The smallest absolute Gasteiger partial charge is 0.181 e. The van der Waals surface area contributed by atoms with Gasteiger partial charge >= 0.3 is 0 Å². The number of nitrogens with two attached hydrogens (primary N) is 1. The highest BCUT2D eigenvalue weighted by molar-refractivity contribution is 9.10. The summed E-state index contributed by atoms with van der Waals surface area (Å²) in [6.07, 6.45) is 3.15. The maximum Gasteiger partial charge on any atom is 0.181 e. The van der Waals surface area contributed by atoms with Gasteiger partial charge in [-0.3, -0.25) is 0 Å². The number of benzene rings is 1. The first-order valence-corrected chi connectivity index (χ1v) is 7.71. The third kappa shape index (κ3) is 2.70. The molecule has 0 radical (unpaired) electrons. The van der Waals surface area contributed by atoms with E-state index in [9.17, 15) is 0 Å². The average molecular weight is 350 g/mol. The molecule has 0 spiro atoms. The van der Waals surface area contributed by atoms with Crippen LogP contribution in [-0.2, 0) is 0 Å². The number of H-pyrrole nitrogens is 1. The molecular weight excluding hydrogens is 338 g/mol. The van der Waals surface area contributed by atoms with E-state index in [1.165, 1.54) is 6.33 Å². The van der Waals surface area contributed by atoms with Gasteiger partial charge in [0.1, 0.15) is 16.9 Å². The number of thioether (sulfide) groups is 1. The second-order valence-electron chi connectivity index (χ2n) is 4.18. The van der Waals surface area contributed by atoms with E-state index in [0.29, 0.717) is 12.2 Å². The van der Waals surface area contributed by atoms with Crippen LogP contribution in [0.1, 0.15) is 10.8 Å². The van der Waals surface area contributed by atoms with Crippen molar-refractivity contribution in [1.29, 1.82) is 0 Å². The Labute approximate surface area is 128 Å². The van der Waals surface area contributed by atoms with E-state index in [-0.39, 0.29) is 5.25 Å². The first-order valence-electron chi connectivity index (χ1n) is 6.04. The minimum Gasteiger partial charge on any atom is -0.341 e. The Morgan fingerprint density at radius 2 is 2.20 bits per heavy atom. The molecule has 1 aromatic carbocycles. The fraction of sp³-hybridized carbons (Fsp3) is 0.154. The van der Waals surface area contributed by atoms with Gasteiger partial charge in [-0.15, -0.1) is 0 Å². The van der Waals surface area contributed by atoms with Gasteiger partial charge in [-0.05, 0) is 17.7 Å². The lowest BCUT2D eigenvalue weighted by molar-refractivity contribution is 0.933. The molecule has 3 rings (SSSR count). The van der Waals surface area contributed by atoms with E-state index in [1.54, 1.807) is 18.1 Å². The maximum absolute atomic E-state index is 5.92. The van der Waals surface area contributed by atoms with Crippen LogP contribution >= 0.6 is 27.7 Å². The Morgan fingerprint density at radius 3 is 3.00 bits per heavy atom. The maximum atomic E-state index is 5.92. The molecule has 3 aromatic rings. The molecule has 7 heteroatoms. The lowest BCUT2D eigenvalue weighted by Gasteiger charge is -2.14. The number of halogens is 1. The molecule has 0 saturated heterocycles. The minimum absolute atomic E-state index is 0.133. The summed E-state index contributed by atoms with van der Waals surface area (Å²) >= 11 is 5.10. The summed E-state index contributed by atoms with van der Waals surface area (Å²) < 4.78 is 1.04. The number of hydrogen-bond acceptors (Lipinski definition) is 5. The lowest BCUT2D eigenvalue weighted by atomic mass is 10.1. The van der Waals surface area contributed by atoms with Gasteiger partial charge in [-0.1, -0.05) is 39.8 Å². The van der Waals surface area contributed by atoms with Crippen molar-refractivity contribution in [3.63, 3.8) is 0 Å². The van der Waals surface area contributed by atoms with Gasteiger partial charge in [0.15, 0.2) is 5.65 Å². The van der Waals surface area contributed by atoms with Crippen LogP contribution in [0.5, 0.6) is 0 Å². The van der Waals surface area contributed by atoms with Gasteiger partial charge in [0.05, 0.1) is 6.33 Å². The van der Waals surface area contributed by atoms with E-state index in [4.69, 9.17) is 5.73 Å². The molecule has 0 aliphatic carbocycles. The number of aromatic amines is 1. The van der Waals surface area contributed by atoms with Crippen LogP contribution in [0, 0.1) is 0 Å². The van der Waals surface area contributed by atoms with Crippen LogP contribution in [0.3, 0.4) is 0 Å². The fourth-order valence-electron chi connectivity index (χ4n) is 1.93. The van der Waals surface area contributed by atoms with Gasteiger partial charge in [-0.25, -0.2) is 15.0 Å². The first-order chi connectivity index (χ1) is 9.78. The largest absolute Gasteiger partial charge is 0.341 e. The highest BCUT2D eigenvalue weighted by atomic mass is 79.9. The number of imidazole rings is 1. The number of nitrogens with one attached hydrogen (secondary N) is 1. The molecule has 0 fully saturated rings. The quantitative estimate of drug-likeness (QED) is 0.559. The SMILES string of the molecule is NCC(Sc1ncnc2nc[nH]c12)c1cccc(Br)c1. The zero-order valence-electron chi connectivity index (χ0n) is 10.5. The third-order valence-corrected chi connectivity index (χ3v) is 4.65. The van der Waals surface area contributed by atoms with E-state index >= 15 is 0 Å². The Hall–Kier alpha value is -1.44. The standard InChI is InChI=1S/C13H12BrN5S/c14-9-3-1-2-8(4-9)10(5-15)20-13-11-12(17-6-16-11)18-7-19-13/h1-4,6-7,10H,5,15H2,(H,16,17,18,19). The summed E-state index contributed by atoms with van der Waals surface area (Å²) in [5.41, 5.74) is 8.61. The molecule has 5 nitrogen and oxygen atoms in total. The van der Waals surface area contributed by atoms with Gasteiger partial charge in [0.2, 0.25) is 0 Å². The molecule has 102 valence electrons. The van der Waals surface area contributed by atoms with Crippen LogP contribution in [0.2, 0.25) is 0 Å². The molecule has 0 aliphatic rings. The summed E-state index contributed by atoms with van der Waals surface area (Å²) in [6, 6.07) is 8.16. The molecule has 2 heterocycles. The summed E-state index contributed by atoms with van der Waals surface area (Å²) in [5, 5.41) is 0.997. The van der Waals surface area contributed by atoms with Gasteiger partial charge in [0, 0.05) is 16.3 Å². The Bertz CT molecular complexity index is 729. The number of rotatable bonds is 4. The predicted octanol–water partition coefficient (Wildman–Crippen LogP) is 2.91. The third-order valence-electron chi connectivity index (χ3n) is 2.88. The van der Waals surface area contributed by atoms with E-state index in [0.717, 1.165) is 20.6 Å². The molecule has 0 saturated carbocycles. The minimum atomic E-state index is 0.133. The molecule has 0 amide bonds. The molecule has 2 aromatic heterocycles. The zero-order valence-corrected chi connectivity index (χ0v) is 12.9. The second-order valence-corrected chi connectivity index (χ2v) is 6.28. The van der Waals surface area contributed by atoms with Gasteiger partial charge in [-0.2, -0.15) is 0 Å². The monoisotopic (exact) mass is 349 g/mol.